The summed E-state index contributed by atoms with van der Waals surface area (Å²) in [4.78, 5) is 24.4. The number of hydrazine groups is 1. The maximum Gasteiger partial charge on any atom is 0.260 e. The van der Waals surface area contributed by atoms with Crippen LogP contribution in [-0.2, 0) is 21.5 Å². The summed E-state index contributed by atoms with van der Waals surface area (Å²) in [6.45, 7) is 3.74. The second-order valence-corrected chi connectivity index (χ2v) is 6.18. The summed E-state index contributed by atoms with van der Waals surface area (Å²) in [5.41, 5.74) is 6.69. The van der Waals surface area contributed by atoms with Crippen LogP contribution in [0.2, 0.25) is 0 Å². The molecule has 0 atom stereocenters. The Morgan fingerprint density at radius 3 is 2.42 bits per heavy atom. The van der Waals surface area contributed by atoms with E-state index >= 15 is 0 Å². The number of carbonyl (C=O) groups is 2. The number of halogens is 1. The molecule has 0 spiro atoms. The van der Waals surface area contributed by atoms with Gasteiger partial charge in [-0.3, -0.25) is 25.1 Å². The first kappa shape index (κ1) is 16.2. The highest BCUT2D eigenvalue weighted by atomic mass is 19.1. The molecule has 1 aromatic carbocycles. The molecule has 1 aliphatic carbocycles. The number of aryl methyl sites for hydroxylation is 2. The molecule has 2 amide bonds. The third-order valence-electron chi connectivity index (χ3n) is 4.29. The predicted octanol–water partition coefficient (Wildman–Crippen LogP) is 1.52. The molecule has 2 N–H and O–H groups in total. The molecule has 3 rings (SSSR count). The SMILES string of the molecule is Cc1cc(C)n(CC(=O)NNC(=O)C2(c3ccc(F)cc3)CC2)n1. The number of hydrogen-bond donors (Lipinski definition) is 2. The van der Waals surface area contributed by atoms with Crippen LogP contribution >= 0.6 is 0 Å². The van der Waals surface area contributed by atoms with Gasteiger partial charge in [-0.1, -0.05) is 12.1 Å². The molecule has 6 nitrogen and oxygen atoms in total. The first-order valence-corrected chi connectivity index (χ1v) is 7.77. The minimum atomic E-state index is -0.667. The third-order valence-corrected chi connectivity index (χ3v) is 4.29. The van der Waals surface area contributed by atoms with Gasteiger partial charge in [-0.2, -0.15) is 5.10 Å². The lowest BCUT2D eigenvalue weighted by Crippen LogP contribution is -2.47. The van der Waals surface area contributed by atoms with E-state index in [1.807, 2.05) is 19.9 Å². The normalized spacial score (nSPS) is 15.0. The lowest BCUT2D eigenvalue weighted by Gasteiger charge is -2.16. The van der Waals surface area contributed by atoms with Gasteiger partial charge < -0.3 is 0 Å². The van der Waals surface area contributed by atoms with Gasteiger partial charge in [0, 0.05) is 5.69 Å². The summed E-state index contributed by atoms with van der Waals surface area (Å²) in [6.07, 6.45) is 1.36. The third kappa shape index (κ3) is 3.15. The summed E-state index contributed by atoms with van der Waals surface area (Å²) >= 11 is 0. The Balaban J connectivity index is 1.58. The summed E-state index contributed by atoms with van der Waals surface area (Å²) in [7, 11) is 0. The van der Waals surface area contributed by atoms with Gasteiger partial charge in [0.05, 0.1) is 11.1 Å². The molecular formula is C17H19FN4O2. The van der Waals surface area contributed by atoms with Crippen LogP contribution in [0.25, 0.3) is 0 Å². The molecule has 1 fully saturated rings. The second-order valence-electron chi connectivity index (χ2n) is 6.18. The molecule has 0 saturated heterocycles. The van der Waals surface area contributed by atoms with E-state index in [4.69, 9.17) is 0 Å². The highest BCUT2D eigenvalue weighted by Crippen LogP contribution is 2.48. The van der Waals surface area contributed by atoms with Crippen molar-refractivity contribution in [2.24, 2.45) is 0 Å². The van der Waals surface area contributed by atoms with E-state index in [1.54, 1.807) is 16.8 Å². The molecule has 2 aromatic rings. The fourth-order valence-electron chi connectivity index (χ4n) is 2.80. The van der Waals surface area contributed by atoms with Crippen molar-refractivity contribution < 1.29 is 14.0 Å². The summed E-state index contributed by atoms with van der Waals surface area (Å²) in [6, 6.07) is 7.77. The van der Waals surface area contributed by atoms with Crippen LogP contribution in [0, 0.1) is 19.7 Å². The summed E-state index contributed by atoms with van der Waals surface area (Å²) in [5.74, 6) is -0.978. The molecule has 1 heterocycles. The lowest BCUT2D eigenvalue weighted by atomic mass is 9.95. The van der Waals surface area contributed by atoms with E-state index in [2.05, 4.69) is 16.0 Å². The van der Waals surface area contributed by atoms with Crippen LogP contribution in [0.3, 0.4) is 0 Å². The zero-order chi connectivity index (χ0) is 17.3. The van der Waals surface area contributed by atoms with Crippen molar-refractivity contribution in [3.8, 4) is 0 Å². The highest BCUT2D eigenvalue weighted by molar-refractivity contribution is 5.92. The van der Waals surface area contributed by atoms with E-state index in [0.29, 0.717) is 12.8 Å². The number of nitrogens with zero attached hydrogens (tertiary/aromatic N) is 2. The minimum Gasteiger partial charge on any atom is -0.272 e. The standard InChI is InChI=1S/C17H19FN4O2/c1-11-9-12(2)22(21-11)10-15(23)19-20-16(24)17(7-8-17)13-3-5-14(18)6-4-13/h3-6,9H,7-8,10H2,1-2H3,(H,19,23)(H,20,24). The van der Waals surface area contributed by atoms with Crippen LogP contribution in [0.1, 0.15) is 29.8 Å². The molecule has 126 valence electrons. The Kier molecular flexibility index (Phi) is 4.09. The van der Waals surface area contributed by atoms with Gasteiger partial charge in [0.1, 0.15) is 12.4 Å². The molecule has 0 radical (unpaired) electrons. The summed E-state index contributed by atoms with van der Waals surface area (Å²) in [5, 5.41) is 4.20. The van der Waals surface area contributed by atoms with Gasteiger partial charge in [-0.25, -0.2) is 4.39 Å². The number of carbonyl (C=O) groups excluding carboxylic acids is 2. The number of hydrogen-bond acceptors (Lipinski definition) is 3. The van der Waals surface area contributed by atoms with Gasteiger partial charge in [-0.05, 0) is 50.5 Å². The number of nitrogens with one attached hydrogen (secondary N) is 2. The summed E-state index contributed by atoms with van der Waals surface area (Å²) < 4.78 is 14.6. The topological polar surface area (TPSA) is 76.0 Å². The minimum absolute atomic E-state index is 0.0313. The zero-order valence-corrected chi connectivity index (χ0v) is 13.6. The number of aromatic nitrogens is 2. The Bertz CT molecular complexity index is 778. The average molecular weight is 330 g/mol. The van der Waals surface area contributed by atoms with Crippen LogP contribution in [0.4, 0.5) is 4.39 Å². The van der Waals surface area contributed by atoms with Crippen molar-refractivity contribution in [2.45, 2.75) is 38.6 Å². The van der Waals surface area contributed by atoms with Gasteiger partial charge in [0.25, 0.3) is 5.91 Å². The van der Waals surface area contributed by atoms with Gasteiger partial charge in [0.15, 0.2) is 0 Å². The van der Waals surface area contributed by atoms with Gasteiger partial charge in [0.2, 0.25) is 5.91 Å². The van der Waals surface area contributed by atoms with Crippen molar-refractivity contribution in [1.82, 2.24) is 20.6 Å². The van der Waals surface area contributed by atoms with Gasteiger partial charge >= 0.3 is 0 Å². The Hall–Kier alpha value is -2.70. The quantitative estimate of drug-likeness (QED) is 0.835. The van der Waals surface area contributed by atoms with Crippen molar-refractivity contribution in [2.75, 3.05) is 0 Å². The Labute approximate surface area is 139 Å². The number of amides is 2. The molecule has 0 unspecified atom stereocenters. The largest absolute Gasteiger partial charge is 0.272 e. The zero-order valence-electron chi connectivity index (χ0n) is 13.6. The van der Waals surface area contributed by atoms with Gasteiger partial charge in [-0.15, -0.1) is 0 Å². The number of benzene rings is 1. The monoisotopic (exact) mass is 330 g/mol. The molecular weight excluding hydrogens is 311 g/mol. The lowest BCUT2D eigenvalue weighted by molar-refractivity contribution is -0.130. The van der Waals surface area contributed by atoms with Crippen molar-refractivity contribution in [1.29, 1.82) is 0 Å². The maximum atomic E-state index is 13.0. The fourth-order valence-corrected chi connectivity index (χ4v) is 2.80. The smallest absolute Gasteiger partial charge is 0.260 e. The first-order valence-electron chi connectivity index (χ1n) is 7.77. The van der Waals surface area contributed by atoms with Crippen LogP contribution in [-0.4, -0.2) is 21.6 Å². The molecule has 7 heteroatoms. The predicted molar refractivity (Wildman–Crippen MR) is 85.3 cm³/mol. The molecule has 0 aliphatic heterocycles. The highest BCUT2D eigenvalue weighted by Gasteiger charge is 2.51. The van der Waals surface area contributed by atoms with Crippen LogP contribution < -0.4 is 10.9 Å². The van der Waals surface area contributed by atoms with Crippen molar-refractivity contribution >= 4 is 11.8 Å². The van der Waals surface area contributed by atoms with Crippen molar-refractivity contribution in [3.63, 3.8) is 0 Å². The molecule has 0 bridgehead atoms. The molecule has 24 heavy (non-hydrogen) atoms. The number of rotatable bonds is 4. The first-order chi connectivity index (χ1) is 11.4. The van der Waals surface area contributed by atoms with E-state index in [0.717, 1.165) is 17.0 Å². The van der Waals surface area contributed by atoms with E-state index in [-0.39, 0.29) is 24.2 Å². The fraction of sp³-hybridized carbons (Fsp3) is 0.353. The Morgan fingerprint density at radius 1 is 1.21 bits per heavy atom. The molecule has 1 aliphatic rings. The maximum absolute atomic E-state index is 13.0. The second kappa shape index (κ2) is 6.07. The van der Waals surface area contributed by atoms with Crippen LogP contribution in [0.15, 0.2) is 30.3 Å². The van der Waals surface area contributed by atoms with Crippen LogP contribution in [0.5, 0.6) is 0 Å². The Morgan fingerprint density at radius 2 is 1.88 bits per heavy atom. The van der Waals surface area contributed by atoms with E-state index < -0.39 is 5.41 Å². The van der Waals surface area contributed by atoms with E-state index in [9.17, 15) is 14.0 Å². The average Bonchev–Trinajstić information content (AvgIpc) is 3.28. The molecule has 1 aromatic heterocycles. The van der Waals surface area contributed by atoms with E-state index in [1.165, 1.54) is 12.1 Å². The molecule has 1 saturated carbocycles. The van der Waals surface area contributed by atoms with Crippen molar-refractivity contribution in [3.05, 3.63) is 53.1 Å².